The molecule has 3 aromatic heterocycles. The van der Waals surface area contributed by atoms with Gasteiger partial charge in [0.1, 0.15) is 17.3 Å². The van der Waals surface area contributed by atoms with Crippen molar-refractivity contribution in [2.75, 3.05) is 0 Å². The second kappa shape index (κ2) is 15.7. The molecule has 54 heavy (non-hydrogen) atoms. The van der Waals surface area contributed by atoms with E-state index in [4.69, 9.17) is 14.8 Å². The minimum Gasteiger partial charge on any atom is -0.457 e. The molecule has 0 aliphatic heterocycles. The van der Waals surface area contributed by atoms with Crippen LogP contribution in [0, 0.1) is 18.8 Å². The van der Waals surface area contributed by atoms with Gasteiger partial charge in [0.05, 0.1) is 22.9 Å². The molecule has 7 aromatic rings. The van der Waals surface area contributed by atoms with Crippen LogP contribution in [0.5, 0.6) is 11.5 Å². The van der Waals surface area contributed by atoms with E-state index in [1.54, 1.807) is 0 Å². The highest BCUT2D eigenvalue weighted by atomic mass is 16.5. The van der Waals surface area contributed by atoms with Crippen molar-refractivity contribution in [3.63, 3.8) is 0 Å². The third-order valence-corrected chi connectivity index (χ3v) is 10.7. The maximum atomic E-state index is 6.76. The zero-order valence-electron chi connectivity index (χ0n) is 33.6. The summed E-state index contributed by atoms with van der Waals surface area (Å²) >= 11 is 0. The Bertz CT molecular complexity index is 2370. The molecule has 0 unspecified atom stereocenters. The lowest BCUT2D eigenvalue weighted by Gasteiger charge is -2.17. The van der Waals surface area contributed by atoms with Crippen LogP contribution in [-0.4, -0.2) is 19.3 Å². The maximum absolute atomic E-state index is 6.76. The topological polar surface area (TPSA) is 44.9 Å². The summed E-state index contributed by atoms with van der Waals surface area (Å²) in [5.74, 6) is 4.50. The number of aromatic nitrogens is 4. The lowest BCUT2D eigenvalue weighted by atomic mass is 9.87. The van der Waals surface area contributed by atoms with Crippen molar-refractivity contribution in [2.45, 2.75) is 99.8 Å². The molecule has 7 rings (SSSR count). The Morgan fingerprint density at radius 1 is 0.648 bits per heavy atom. The Morgan fingerprint density at radius 2 is 1.33 bits per heavy atom. The predicted molar refractivity (Wildman–Crippen MR) is 227 cm³/mol. The van der Waals surface area contributed by atoms with Gasteiger partial charge in [-0.25, -0.2) is 9.67 Å². The van der Waals surface area contributed by atoms with Crippen molar-refractivity contribution in [1.29, 1.82) is 0 Å². The van der Waals surface area contributed by atoms with Crippen molar-refractivity contribution in [1.82, 2.24) is 19.3 Å². The smallest absolute Gasteiger partial charge is 0.137 e. The lowest BCUT2D eigenvalue weighted by molar-refractivity contribution is 0.481. The number of hydrogen-bond acceptors (Lipinski definition) is 3. The molecule has 0 saturated heterocycles. The van der Waals surface area contributed by atoms with Gasteiger partial charge in [-0.15, -0.1) is 0 Å². The van der Waals surface area contributed by atoms with E-state index in [2.05, 4.69) is 164 Å². The van der Waals surface area contributed by atoms with Gasteiger partial charge in [-0.1, -0.05) is 91.3 Å². The first-order valence-corrected chi connectivity index (χ1v) is 19.9. The third kappa shape index (κ3) is 7.87. The standard InChI is InChI=1S/C49H56N4O/c1-31(2)14-16-37-22-35(9)23-38(17-15-32(3)4)49(37)40-29-51-52(30-40)41-24-39(34(7)8)25-43(27-41)54-42-18-19-45-44-12-10-11-13-46(44)53(47(45)28-42)48-26-36(33(5)6)20-21-50-48/h10-13,18-34H,14-17H2,1-9H3. The maximum Gasteiger partial charge on any atom is 0.137 e. The van der Waals surface area contributed by atoms with E-state index in [1.165, 1.54) is 62.6 Å². The number of hydrogen-bond donors (Lipinski definition) is 0. The second-order valence-corrected chi connectivity index (χ2v) is 16.6. The number of benzene rings is 4. The monoisotopic (exact) mass is 716 g/mol. The molecular formula is C49H56N4O. The summed E-state index contributed by atoms with van der Waals surface area (Å²) in [6.45, 7) is 20.4. The summed E-state index contributed by atoms with van der Waals surface area (Å²) in [4.78, 5) is 4.84. The number of rotatable bonds is 13. The van der Waals surface area contributed by atoms with Gasteiger partial charge >= 0.3 is 0 Å². The van der Waals surface area contributed by atoms with Crippen LogP contribution in [0.2, 0.25) is 0 Å². The van der Waals surface area contributed by atoms with E-state index in [0.29, 0.717) is 23.7 Å². The van der Waals surface area contributed by atoms with Crippen LogP contribution < -0.4 is 4.74 Å². The van der Waals surface area contributed by atoms with Crippen molar-refractivity contribution in [3.8, 4) is 34.1 Å². The van der Waals surface area contributed by atoms with Gasteiger partial charge < -0.3 is 4.74 Å². The minimum atomic E-state index is 0.314. The quantitative estimate of drug-likeness (QED) is 0.119. The van der Waals surface area contributed by atoms with Gasteiger partial charge in [-0.05, 0) is 127 Å². The summed E-state index contributed by atoms with van der Waals surface area (Å²) in [5, 5.41) is 7.36. The first-order valence-electron chi connectivity index (χ1n) is 19.9. The number of aryl methyl sites for hydroxylation is 3. The molecule has 0 N–H and O–H groups in total. The molecule has 5 heteroatoms. The molecule has 0 fully saturated rings. The summed E-state index contributed by atoms with van der Waals surface area (Å²) < 4.78 is 11.1. The van der Waals surface area contributed by atoms with E-state index in [0.717, 1.165) is 46.9 Å². The minimum absolute atomic E-state index is 0.314. The van der Waals surface area contributed by atoms with Crippen molar-refractivity contribution >= 4 is 21.8 Å². The van der Waals surface area contributed by atoms with Crippen LogP contribution in [0.3, 0.4) is 0 Å². The van der Waals surface area contributed by atoms with Crippen LogP contribution in [0.15, 0.2) is 104 Å². The molecule has 0 atom stereocenters. The summed E-state index contributed by atoms with van der Waals surface area (Å²) in [6.07, 6.45) is 10.7. The molecule has 278 valence electrons. The number of ether oxygens (including phenoxy) is 1. The van der Waals surface area contributed by atoms with E-state index in [9.17, 15) is 0 Å². The first kappa shape index (κ1) is 37.2. The summed E-state index contributed by atoms with van der Waals surface area (Å²) in [7, 11) is 0. The highest BCUT2D eigenvalue weighted by Gasteiger charge is 2.18. The fourth-order valence-corrected chi connectivity index (χ4v) is 7.63. The van der Waals surface area contributed by atoms with Crippen LogP contribution in [-0.2, 0) is 12.8 Å². The third-order valence-electron chi connectivity index (χ3n) is 10.7. The molecule has 0 radical (unpaired) electrons. The molecule has 0 saturated carbocycles. The van der Waals surface area contributed by atoms with E-state index in [-0.39, 0.29) is 0 Å². The summed E-state index contributed by atoms with van der Waals surface area (Å²) in [6, 6.07) is 30.6. The zero-order chi connectivity index (χ0) is 38.1. The molecule has 5 nitrogen and oxygen atoms in total. The Kier molecular flexibility index (Phi) is 10.8. The van der Waals surface area contributed by atoms with Gasteiger partial charge in [0.2, 0.25) is 0 Å². The fourth-order valence-electron chi connectivity index (χ4n) is 7.63. The number of para-hydroxylation sites is 1. The Balaban J connectivity index is 1.28. The number of nitrogens with zero attached hydrogens (tertiary/aromatic N) is 4. The second-order valence-electron chi connectivity index (χ2n) is 16.6. The first-order chi connectivity index (χ1) is 25.9. The Hall–Kier alpha value is -5.16. The highest BCUT2D eigenvalue weighted by Crippen LogP contribution is 2.37. The van der Waals surface area contributed by atoms with Crippen molar-refractivity contribution < 1.29 is 4.74 Å². The molecule has 0 spiro atoms. The van der Waals surface area contributed by atoms with Gasteiger partial charge in [-0.2, -0.15) is 5.10 Å². The molecule has 3 heterocycles. The average Bonchev–Trinajstić information content (AvgIpc) is 3.76. The molecule has 4 aromatic carbocycles. The van der Waals surface area contributed by atoms with Crippen LogP contribution in [0.4, 0.5) is 0 Å². The van der Waals surface area contributed by atoms with Gasteiger partial charge in [0.15, 0.2) is 0 Å². The average molecular weight is 717 g/mol. The zero-order valence-corrected chi connectivity index (χ0v) is 33.6. The van der Waals surface area contributed by atoms with E-state index < -0.39 is 0 Å². The van der Waals surface area contributed by atoms with Crippen LogP contribution >= 0.6 is 0 Å². The predicted octanol–water partition coefficient (Wildman–Crippen LogP) is 13.6. The Morgan fingerprint density at radius 3 is 2.02 bits per heavy atom. The van der Waals surface area contributed by atoms with Crippen molar-refractivity contribution in [2.24, 2.45) is 11.8 Å². The lowest BCUT2D eigenvalue weighted by Crippen LogP contribution is -2.02. The Labute approximate surface area is 322 Å². The van der Waals surface area contributed by atoms with Gasteiger partial charge in [0.25, 0.3) is 0 Å². The van der Waals surface area contributed by atoms with E-state index >= 15 is 0 Å². The van der Waals surface area contributed by atoms with Crippen LogP contribution in [0.1, 0.15) is 108 Å². The molecular weight excluding hydrogens is 661 g/mol. The fraction of sp³-hybridized carbons (Fsp3) is 0.347. The molecule has 0 aliphatic rings. The van der Waals surface area contributed by atoms with E-state index in [1.807, 2.05) is 10.9 Å². The highest BCUT2D eigenvalue weighted by molar-refractivity contribution is 6.09. The molecule has 0 aliphatic carbocycles. The van der Waals surface area contributed by atoms with Crippen molar-refractivity contribution in [3.05, 3.63) is 131 Å². The molecule has 0 amide bonds. The molecule has 0 bridgehead atoms. The normalized spacial score (nSPS) is 12.0. The van der Waals surface area contributed by atoms with Crippen LogP contribution in [0.25, 0.3) is 44.4 Å². The van der Waals surface area contributed by atoms with Gasteiger partial charge in [0, 0.05) is 40.9 Å². The number of fused-ring (bicyclic) bond motifs is 3. The number of pyridine rings is 1. The largest absolute Gasteiger partial charge is 0.457 e. The summed E-state index contributed by atoms with van der Waals surface area (Å²) in [5.41, 5.74) is 12.4. The SMILES string of the molecule is Cc1cc(CCC(C)C)c(-c2cnn(-c3cc(Oc4ccc5c6ccccc6n(-c6cc(C(C)C)ccn6)c5c4)cc(C(C)C)c3)c2)c(CCC(C)C)c1. The van der Waals surface area contributed by atoms with Gasteiger partial charge in [-0.3, -0.25) is 4.57 Å².